The SMILES string of the molecule is COc1ccc(CC2CN(C)C(=O)CN2)cc1. The highest BCUT2D eigenvalue weighted by Crippen LogP contribution is 2.13. The molecule has 0 bridgehead atoms. The molecule has 1 saturated heterocycles. The molecule has 1 aliphatic rings. The molecule has 1 heterocycles. The smallest absolute Gasteiger partial charge is 0.236 e. The lowest BCUT2D eigenvalue weighted by atomic mass is 10.0. The number of methoxy groups -OCH3 is 1. The summed E-state index contributed by atoms with van der Waals surface area (Å²) in [7, 11) is 3.52. The van der Waals surface area contributed by atoms with Crippen LogP contribution in [-0.4, -0.2) is 44.1 Å². The van der Waals surface area contributed by atoms with Gasteiger partial charge in [0.05, 0.1) is 13.7 Å². The molecule has 1 aromatic rings. The maximum absolute atomic E-state index is 11.3. The Morgan fingerprint density at radius 1 is 1.41 bits per heavy atom. The van der Waals surface area contributed by atoms with Crippen LogP contribution in [0.1, 0.15) is 5.56 Å². The highest BCUT2D eigenvalue weighted by molar-refractivity contribution is 5.78. The summed E-state index contributed by atoms with van der Waals surface area (Å²) in [6.07, 6.45) is 0.932. The molecule has 1 N–H and O–H groups in total. The van der Waals surface area contributed by atoms with E-state index in [0.717, 1.165) is 18.7 Å². The molecule has 1 amide bonds. The number of amides is 1. The van der Waals surface area contributed by atoms with Gasteiger partial charge in [0, 0.05) is 19.6 Å². The number of ether oxygens (including phenoxy) is 1. The van der Waals surface area contributed by atoms with Gasteiger partial charge in [0.1, 0.15) is 5.75 Å². The molecule has 1 fully saturated rings. The van der Waals surface area contributed by atoms with Crippen molar-refractivity contribution in [2.24, 2.45) is 0 Å². The fraction of sp³-hybridized carbons (Fsp3) is 0.462. The number of nitrogens with zero attached hydrogens (tertiary/aromatic N) is 1. The lowest BCUT2D eigenvalue weighted by molar-refractivity contribution is -0.131. The third kappa shape index (κ3) is 2.97. The third-order valence-corrected chi connectivity index (χ3v) is 3.10. The van der Waals surface area contributed by atoms with Crippen LogP contribution < -0.4 is 10.1 Å². The molecule has 0 aliphatic carbocycles. The molecular formula is C13H18N2O2. The van der Waals surface area contributed by atoms with Crippen molar-refractivity contribution in [1.29, 1.82) is 0 Å². The van der Waals surface area contributed by atoms with Crippen LogP contribution in [0.5, 0.6) is 5.75 Å². The predicted octanol–water partition coefficient (Wildman–Crippen LogP) is 0.668. The third-order valence-electron chi connectivity index (χ3n) is 3.10. The zero-order valence-corrected chi connectivity index (χ0v) is 10.3. The normalized spacial score (nSPS) is 20.5. The van der Waals surface area contributed by atoms with Crippen molar-refractivity contribution < 1.29 is 9.53 Å². The van der Waals surface area contributed by atoms with Gasteiger partial charge in [-0.25, -0.2) is 0 Å². The number of likely N-dealkylation sites (N-methyl/N-ethyl adjacent to an activating group) is 1. The summed E-state index contributed by atoms with van der Waals surface area (Å²) in [4.78, 5) is 13.1. The Labute approximate surface area is 102 Å². The lowest BCUT2D eigenvalue weighted by Crippen LogP contribution is -2.53. The standard InChI is InChI=1S/C13H18N2O2/c1-15-9-11(14-8-13(15)16)7-10-3-5-12(17-2)6-4-10/h3-6,11,14H,7-9H2,1-2H3. The summed E-state index contributed by atoms with van der Waals surface area (Å²) in [6, 6.07) is 8.40. The van der Waals surface area contributed by atoms with Crippen molar-refractivity contribution in [1.82, 2.24) is 10.2 Å². The summed E-state index contributed by atoms with van der Waals surface area (Å²) >= 11 is 0. The number of hydrogen-bond acceptors (Lipinski definition) is 3. The molecule has 0 spiro atoms. The molecule has 1 atom stereocenters. The Kier molecular flexibility index (Phi) is 3.64. The van der Waals surface area contributed by atoms with Gasteiger partial charge in [0.25, 0.3) is 0 Å². The summed E-state index contributed by atoms with van der Waals surface area (Å²) in [5.74, 6) is 1.04. The quantitative estimate of drug-likeness (QED) is 0.835. The van der Waals surface area contributed by atoms with Crippen LogP contribution in [0.25, 0.3) is 0 Å². The number of carbonyl (C=O) groups is 1. The second kappa shape index (κ2) is 5.19. The van der Waals surface area contributed by atoms with E-state index in [1.165, 1.54) is 5.56 Å². The first-order valence-corrected chi connectivity index (χ1v) is 5.79. The number of carbonyl (C=O) groups excluding carboxylic acids is 1. The number of hydrogen-bond donors (Lipinski definition) is 1. The molecule has 1 aliphatic heterocycles. The van der Waals surface area contributed by atoms with Crippen molar-refractivity contribution in [2.75, 3.05) is 27.2 Å². The van der Waals surface area contributed by atoms with Crippen molar-refractivity contribution in [2.45, 2.75) is 12.5 Å². The maximum Gasteiger partial charge on any atom is 0.236 e. The Morgan fingerprint density at radius 3 is 2.71 bits per heavy atom. The number of benzene rings is 1. The molecule has 1 aromatic carbocycles. The summed E-state index contributed by atoms with van der Waals surface area (Å²) < 4.78 is 5.12. The summed E-state index contributed by atoms with van der Waals surface area (Å²) in [6.45, 7) is 1.21. The Morgan fingerprint density at radius 2 is 2.12 bits per heavy atom. The molecular weight excluding hydrogens is 216 g/mol. The van der Waals surface area contributed by atoms with E-state index < -0.39 is 0 Å². The van der Waals surface area contributed by atoms with Crippen molar-refractivity contribution >= 4 is 5.91 Å². The Bertz CT molecular complexity index is 389. The van der Waals surface area contributed by atoms with Crippen molar-refractivity contribution in [3.63, 3.8) is 0 Å². The molecule has 2 rings (SSSR count). The van der Waals surface area contributed by atoms with Crippen LogP contribution in [0.2, 0.25) is 0 Å². The summed E-state index contributed by atoms with van der Waals surface area (Å²) in [5.41, 5.74) is 1.26. The van der Waals surface area contributed by atoms with E-state index in [9.17, 15) is 4.79 Å². The first-order chi connectivity index (χ1) is 8.19. The molecule has 0 radical (unpaired) electrons. The van der Waals surface area contributed by atoms with Crippen LogP contribution in [0.3, 0.4) is 0 Å². The second-order valence-corrected chi connectivity index (χ2v) is 4.40. The fourth-order valence-corrected chi connectivity index (χ4v) is 2.05. The maximum atomic E-state index is 11.3. The molecule has 0 aromatic heterocycles. The highest BCUT2D eigenvalue weighted by Gasteiger charge is 2.21. The zero-order chi connectivity index (χ0) is 12.3. The molecule has 0 saturated carbocycles. The fourth-order valence-electron chi connectivity index (χ4n) is 2.05. The topological polar surface area (TPSA) is 41.6 Å². The van der Waals surface area contributed by atoms with E-state index in [1.807, 2.05) is 19.2 Å². The van der Waals surface area contributed by atoms with Crippen molar-refractivity contribution in [3.8, 4) is 5.75 Å². The van der Waals surface area contributed by atoms with E-state index in [4.69, 9.17) is 4.74 Å². The van der Waals surface area contributed by atoms with Crippen LogP contribution >= 0.6 is 0 Å². The van der Waals surface area contributed by atoms with Crippen LogP contribution in [-0.2, 0) is 11.2 Å². The first-order valence-electron chi connectivity index (χ1n) is 5.79. The minimum atomic E-state index is 0.163. The van der Waals surface area contributed by atoms with E-state index in [-0.39, 0.29) is 5.91 Å². The number of nitrogens with one attached hydrogen (secondary N) is 1. The monoisotopic (exact) mass is 234 g/mol. The van der Waals surface area contributed by atoms with Gasteiger partial charge >= 0.3 is 0 Å². The molecule has 92 valence electrons. The highest BCUT2D eigenvalue weighted by atomic mass is 16.5. The van der Waals surface area contributed by atoms with E-state index >= 15 is 0 Å². The number of rotatable bonds is 3. The average Bonchev–Trinajstić information content (AvgIpc) is 2.35. The zero-order valence-electron chi connectivity index (χ0n) is 10.3. The van der Waals surface area contributed by atoms with Gasteiger partial charge in [-0.1, -0.05) is 12.1 Å². The van der Waals surface area contributed by atoms with Gasteiger partial charge < -0.3 is 15.0 Å². The van der Waals surface area contributed by atoms with Gasteiger partial charge in [-0.2, -0.15) is 0 Å². The van der Waals surface area contributed by atoms with Gasteiger partial charge in [-0.15, -0.1) is 0 Å². The van der Waals surface area contributed by atoms with Gasteiger partial charge in [-0.05, 0) is 24.1 Å². The average molecular weight is 234 g/mol. The van der Waals surface area contributed by atoms with Gasteiger partial charge in [-0.3, -0.25) is 4.79 Å². The number of piperazine rings is 1. The van der Waals surface area contributed by atoms with E-state index in [1.54, 1.807) is 12.0 Å². The van der Waals surface area contributed by atoms with E-state index in [0.29, 0.717) is 12.6 Å². The Balaban J connectivity index is 1.94. The van der Waals surface area contributed by atoms with Gasteiger partial charge in [0.2, 0.25) is 5.91 Å². The molecule has 4 nitrogen and oxygen atoms in total. The minimum absolute atomic E-state index is 0.163. The first kappa shape index (κ1) is 11.9. The second-order valence-electron chi connectivity index (χ2n) is 4.40. The summed E-state index contributed by atoms with van der Waals surface area (Å²) in [5, 5.41) is 3.25. The molecule has 1 unspecified atom stereocenters. The minimum Gasteiger partial charge on any atom is -0.497 e. The van der Waals surface area contributed by atoms with Crippen molar-refractivity contribution in [3.05, 3.63) is 29.8 Å². The van der Waals surface area contributed by atoms with Crippen LogP contribution in [0.4, 0.5) is 0 Å². The van der Waals surface area contributed by atoms with Crippen LogP contribution in [0.15, 0.2) is 24.3 Å². The Hall–Kier alpha value is -1.55. The van der Waals surface area contributed by atoms with Gasteiger partial charge in [0.15, 0.2) is 0 Å². The van der Waals surface area contributed by atoms with Crippen LogP contribution in [0, 0.1) is 0 Å². The molecule has 17 heavy (non-hydrogen) atoms. The lowest BCUT2D eigenvalue weighted by Gasteiger charge is -2.30. The largest absolute Gasteiger partial charge is 0.497 e. The predicted molar refractivity (Wildman–Crippen MR) is 66.1 cm³/mol. The molecule has 4 heteroatoms. The van der Waals surface area contributed by atoms with E-state index in [2.05, 4.69) is 17.4 Å².